The summed E-state index contributed by atoms with van der Waals surface area (Å²) in [6.45, 7) is 0.777. The van der Waals surface area contributed by atoms with Crippen molar-refractivity contribution in [1.82, 2.24) is 4.90 Å². The third-order valence-corrected chi connectivity index (χ3v) is 3.27. The summed E-state index contributed by atoms with van der Waals surface area (Å²) in [6.07, 6.45) is -0.385. The fourth-order valence-corrected chi connectivity index (χ4v) is 2.10. The molecular formula is C11H15NO6. The number of carboxylic acids is 1. The van der Waals surface area contributed by atoms with E-state index in [-0.39, 0.29) is 19.1 Å². The van der Waals surface area contributed by atoms with Crippen LogP contribution in [0.3, 0.4) is 0 Å². The lowest BCUT2D eigenvalue weighted by Gasteiger charge is -2.31. The minimum atomic E-state index is -0.939. The largest absolute Gasteiger partial charge is 0.481 e. The first kappa shape index (κ1) is 12.8. The molecule has 0 spiro atoms. The molecule has 2 aliphatic rings. The van der Waals surface area contributed by atoms with Crippen molar-refractivity contribution in [2.75, 3.05) is 26.8 Å². The van der Waals surface area contributed by atoms with Gasteiger partial charge in [0.2, 0.25) is 5.91 Å². The van der Waals surface area contributed by atoms with Gasteiger partial charge in [0, 0.05) is 6.54 Å². The fraction of sp³-hybridized carbons (Fsp3) is 0.727. The van der Waals surface area contributed by atoms with Gasteiger partial charge in [0.25, 0.3) is 0 Å². The minimum absolute atomic E-state index is 0.133. The summed E-state index contributed by atoms with van der Waals surface area (Å²) in [4.78, 5) is 35.5. The van der Waals surface area contributed by atoms with Crippen molar-refractivity contribution in [2.45, 2.75) is 12.5 Å². The molecule has 7 heteroatoms. The molecule has 1 heterocycles. The zero-order chi connectivity index (χ0) is 13.3. The maximum absolute atomic E-state index is 12.0. The smallest absolute Gasteiger partial charge is 0.336 e. The molecule has 0 radical (unpaired) electrons. The molecule has 7 nitrogen and oxygen atoms in total. The van der Waals surface area contributed by atoms with Gasteiger partial charge < -0.3 is 19.5 Å². The summed E-state index contributed by atoms with van der Waals surface area (Å²) in [7, 11) is 1.26. The monoisotopic (exact) mass is 257 g/mol. The fourth-order valence-electron chi connectivity index (χ4n) is 2.10. The lowest BCUT2D eigenvalue weighted by molar-refractivity contribution is -0.163. The van der Waals surface area contributed by atoms with Gasteiger partial charge in [-0.3, -0.25) is 9.59 Å². The molecule has 1 aliphatic heterocycles. The van der Waals surface area contributed by atoms with E-state index in [9.17, 15) is 14.4 Å². The van der Waals surface area contributed by atoms with Gasteiger partial charge in [0.15, 0.2) is 6.10 Å². The van der Waals surface area contributed by atoms with Crippen molar-refractivity contribution in [1.29, 1.82) is 0 Å². The molecule has 2 fully saturated rings. The highest BCUT2D eigenvalue weighted by Crippen LogP contribution is 2.40. The van der Waals surface area contributed by atoms with Crippen LogP contribution < -0.4 is 0 Å². The first-order valence-electron chi connectivity index (χ1n) is 5.75. The van der Waals surface area contributed by atoms with E-state index in [2.05, 4.69) is 4.74 Å². The highest BCUT2D eigenvalue weighted by molar-refractivity contribution is 5.90. The maximum Gasteiger partial charge on any atom is 0.336 e. The number of carbonyl (C=O) groups is 3. The topological polar surface area (TPSA) is 93.1 Å². The summed E-state index contributed by atoms with van der Waals surface area (Å²) in [6, 6.07) is 0. The molecular weight excluding hydrogens is 242 g/mol. The van der Waals surface area contributed by atoms with Crippen LogP contribution in [0.4, 0.5) is 0 Å². The molecule has 1 saturated heterocycles. The Kier molecular flexibility index (Phi) is 3.51. The average molecular weight is 257 g/mol. The van der Waals surface area contributed by atoms with Crippen molar-refractivity contribution >= 4 is 17.8 Å². The number of rotatable bonds is 3. The molecule has 1 saturated carbocycles. The zero-order valence-electron chi connectivity index (χ0n) is 10.00. The Morgan fingerprint density at radius 2 is 2.06 bits per heavy atom. The Bertz CT molecular complexity index is 382. The molecule has 1 aliphatic carbocycles. The predicted octanol–water partition coefficient (Wildman–Crippen LogP) is -0.892. The Morgan fingerprint density at radius 1 is 1.33 bits per heavy atom. The minimum Gasteiger partial charge on any atom is -0.481 e. The molecule has 0 bridgehead atoms. The standard InChI is InChI=1S/C11H15NO6/c1-17-11(16)8-5-12(2-3-18-8)9(13)6-4-7(6)10(14)15/h6-8H,2-5H2,1H3,(H,14,15). The number of nitrogens with zero attached hydrogens (tertiary/aromatic N) is 1. The van der Waals surface area contributed by atoms with E-state index >= 15 is 0 Å². The summed E-state index contributed by atoms with van der Waals surface area (Å²) >= 11 is 0. The van der Waals surface area contributed by atoms with Crippen molar-refractivity contribution in [3.05, 3.63) is 0 Å². The first-order chi connectivity index (χ1) is 8.54. The van der Waals surface area contributed by atoms with Gasteiger partial charge in [-0.2, -0.15) is 0 Å². The van der Waals surface area contributed by atoms with Crippen LogP contribution in [-0.2, 0) is 23.9 Å². The van der Waals surface area contributed by atoms with Crippen LogP contribution >= 0.6 is 0 Å². The number of methoxy groups -OCH3 is 1. The number of aliphatic carboxylic acids is 1. The van der Waals surface area contributed by atoms with E-state index in [1.54, 1.807) is 0 Å². The summed E-state index contributed by atoms with van der Waals surface area (Å²) in [5.41, 5.74) is 0. The zero-order valence-corrected chi connectivity index (χ0v) is 10.00. The lowest BCUT2D eigenvalue weighted by Crippen LogP contribution is -2.49. The third-order valence-electron chi connectivity index (χ3n) is 3.27. The highest BCUT2D eigenvalue weighted by Gasteiger charge is 2.50. The summed E-state index contributed by atoms with van der Waals surface area (Å²) in [5, 5.41) is 8.78. The van der Waals surface area contributed by atoms with Gasteiger partial charge >= 0.3 is 11.9 Å². The van der Waals surface area contributed by atoms with Crippen LogP contribution in [0.5, 0.6) is 0 Å². The maximum atomic E-state index is 12.0. The molecule has 0 aromatic carbocycles. The average Bonchev–Trinajstić information content (AvgIpc) is 3.17. The molecule has 18 heavy (non-hydrogen) atoms. The van der Waals surface area contributed by atoms with Gasteiger partial charge in [0.05, 0.1) is 32.1 Å². The lowest BCUT2D eigenvalue weighted by atomic mass is 10.2. The number of hydrogen-bond acceptors (Lipinski definition) is 5. The van der Waals surface area contributed by atoms with Gasteiger partial charge in [-0.05, 0) is 6.42 Å². The second-order valence-corrected chi connectivity index (χ2v) is 4.45. The van der Waals surface area contributed by atoms with Gasteiger partial charge in [-0.1, -0.05) is 0 Å². The highest BCUT2D eigenvalue weighted by atomic mass is 16.6. The molecule has 1 N–H and O–H groups in total. The van der Waals surface area contributed by atoms with Gasteiger partial charge in [0.1, 0.15) is 0 Å². The number of ether oxygens (including phenoxy) is 2. The number of morpholine rings is 1. The summed E-state index contributed by atoms with van der Waals surface area (Å²) < 4.78 is 9.76. The quantitative estimate of drug-likeness (QED) is 0.659. The summed E-state index contributed by atoms with van der Waals surface area (Å²) in [5.74, 6) is -2.68. The van der Waals surface area contributed by atoms with Crippen LogP contribution in [-0.4, -0.2) is 60.8 Å². The molecule has 1 amide bonds. The Labute approximate surface area is 104 Å². The predicted molar refractivity (Wildman–Crippen MR) is 57.6 cm³/mol. The van der Waals surface area contributed by atoms with Crippen molar-refractivity contribution in [2.24, 2.45) is 11.8 Å². The van der Waals surface area contributed by atoms with Crippen LogP contribution in [0.1, 0.15) is 6.42 Å². The Balaban J connectivity index is 1.91. The number of carbonyl (C=O) groups excluding carboxylic acids is 2. The Hall–Kier alpha value is -1.63. The second kappa shape index (κ2) is 4.93. The SMILES string of the molecule is COC(=O)C1CN(C(=O)C2CC2C(=O)O)CCO1. The van der Waals surface area contributed by atoms with E-state index in [1.165, 1.54) is 12.0 Å². The van der Waals surface area contributed by atoms with Crippen molar-refractivity contribution in [3.63, 3.8) is 0 Å². The normalized spacial score (nSPS) is 30.7. The number of amides is 1. The molecule has 3 unspecified atom stereocenters. The van der Waals surface area contributed by atoms with Crippen LogP contribution in [0.2, 0.25) is 0 Å². The van der Waals surface area contributed by atoms with Crippen LogP contribution in [0, 0.1) is 11.8 Å². The molecule has 100 valence electrons. The van der Waals surface area contributed by atoms with Crippen LogP contribution in [0.15, 0.2) is 0 Å². The van der Waals surface area contributed by atoms with Crippen molar-refractivity contribution < 1.29 is 29.0 Å². The van der Waals surface area contributed by atoms with Gasteiger partial charge in [-0.25, -0.2) is 4.79 Å². The number of esters is 1. The molecule has 0 aromatic rings. The second-order valence-electron chi connectivity index (χ2n) is 4.45. The third kappa shape index (κ3) is 2.45. The van der Waals surface area contributed by atoms with Crippen LogP contribution in [0.25, 0.3) is 0 Å². The first-order valence-corrected chi connectivity index (χ1v) is 5.75. The Morgan fingerprint density at radius 3 is 2.61 bits per heavy atom. The van der Waals surface area contributed by atoms with E-state index < -0.39 is 29.9 Å². The molecule has 3 atom stereocenters. The molecule has 0 aromatic heterocycles. The molecule has 2 rings (SSSR count). The number of hydrogen-bond donors (Lipinski definition) is 1. The number of carboxylic acid groups (broad SMARTS) is 1. The van der Waals surface area contributed by atoms with E-state index in [1.807, 2.05) is 0 Å². The van der Waals surface area contributed by atoms with E-state index in [0.29, 0.717) is 13.0 Å². The van der Waals surface area contributed by atoms with Gasteiger partial charge in [-0.15, -0.1) is 0 Å². The van der Waals surface area contributed by atoms with E-state index in [0.717, 1.165) is 0 Å². The van der Waals surface area contributed by atoms with E-state index in [4.69, 9.17) is 9.84 Å². The van der Waals surface area contributed by atoms with Crippen molar-refractivity contribution in [3.8, 4) is 0 Å².